The van der Waals surface area contributed by atoms with Crippen LogP contribution in [0.4, 0.5) is 5.69 Å². The van der Waals surface area contributed by atoms with Gasteiger partial charge in [-0.15, -0.1) is 5.10 Å². The van der Waals surface area contributed by atoms with Crippen molar-refractivity contribution in [2.45, 2.75) is 19.6 Å². The number of rotatable bonds is 11. The van der Waals surface area contributed by atoms with Gasteiger partial charge in [0.05, 0.1) is 52.1 Å². The van der Waals surface area contributed by atoms with Crippen LogP contribution in [0.3, 0.4) is 0 Å². The average molecular weight is 502 g/mol. The number of nitro benzene ring substituents is 1. The molecule has 13 heteroatoms. The van der Waals surface area contributed by atoms with E-state index >= 15 is 0 Å². The second-order valence-electron chi connectivity index (χ2n) is 7.29. The molecular formula is C23H26N4O9. The Morgan fingerprint density at radius 1 is 1.08 bits per heavy atom. The molecule has 0 amide bonds. The van der Waals surface area contributed by atoms with Gasteiger partial charge in [0.1, 0.15) is 17.5 Å². The van der Waals surface area contributed by atoms with E-state index in [1.807, 2.05) is 0 Å². The first-order valence-corrected chi connectivity index (χ1v) is 10.7. The van der Waals surface area contributed by atoms with Crippen LogP contribution in [0.5, 0.6) is 23.0 Å². The predicted octanol–water partition coefficient (Wildman–Crippen LogP) is 2.53. The van der Waals surface area contributed by atoms with Crippen molar-refractivity contribution in [2.75, 3.05) is 35.0 Å². The van der Waals surface area contributed by atoms with E-state index in [1.54, 1.807) is 38.3 Å². The largest absolute Gasteiger partial charge is 0.497 e. The van der Waals surface area contributed by atoms with Crippen LogP contribution in [-0.4, -0.2) is 66.0 Å². The predicted molar refractivity (Wildman–Crippen MR) is 125 cm³/mol. The highest BCUT2D eigenvalue weighted by molar-refractivity contribution is 5.89. The molecule has 192 valence electrons. The lowest BCUT2D eigenvalue weighted by Gasteiger charge is -2.17. The zero-order chi connectivity index (χ0) is 26.4. The zero-order valence-electron chi connectivity index (χ0n) is 20.4. The Hall–Kier alpha value is -4.39. The van der Waals surface area contributed by atoms with Gasteiger partial charge in [0.2, 0.25) is 11.5 Å². The van der Waals surface area contributed by atoms with Crippen LogP contribution in [0.25, 0.3) is 0 Å². The Morgan fingerprint density at radius 2 is 1.75 bits per heavy atom. The number of esters is 1. The van der Waals surface area contributed by atoms with Crippen molar-refractivity contribution in [3.63, 3.8) is 0 Å². The zero-order valence-corrected chi connectivity index (χ0v) is 20.4. The third-order valence-electron chi connectivity index (χ3n) is 5.29. The summed E-state index contributed by atoms with van der Waals surface area (Å²) in [4.78, 5) is 24.2. The second-order valence-corrected chi connectivity index (χ2v) is 7.29. The molecule has 1 aromatic heterocycles. The van der Waals surface area contributed by atoms with Crippen LogP contribution in [0.2, 0.25) is 0 Å². The van der Waals surface area contributed by atoms with Crippen LogP contribution < -0.4 is 18.9 Å². The van der Waals surface area contributed by atoms with Gasteiger partial charge in [0.25, 0.3) is 0 Å². The lowest BCUT2D eigenvalue weighted by atomic mass is 10.0. The van der Waals surface area contributed by atoms with Crippen molar-refractivity contribution in [3.8, 4) is 23.0 Å². The molecule has 0 fully saturated rings. The monoisotopic (exact) mass is 502 g/mol. The van der Waals surface area contributed by atoms with E-state index in [0.717, 1.165) is 5.56 Å². The summed E-state index contributed by atoms with van der Waals surface area (Å²) in [6, 6.07) is 8.25. The Bertz CT molecular complexity index is 1240. The fraction of sp³-hybridized carbons (Fsp3) is 0.348. The molecule has 1 unspecified atom stereocenters. The summed E-state index contributed by atoms with van der Waals surface area (Å²) < 4.78 is 27.3. The minimum absolute atomic E-state index is 0.0311. The van der Waals surface area contributed by atoms with Crippen molar-refractivity contribution in [1.82, 2.24) is 15.0 Å². The molecule has 0 aliphatic heterocycles. The van der Waals surface area contributed by atoms with E-state index in [0.29, 0.717) is 5.75 Å². The van der Waals surface area contributed by atoms with Crippen molar-refractivity contribution >= 4 is 11.7 Å². The Morgan fingerprint density at radius 3 is 2.28 bits per heavy atom. The molecular weight excluding hydrogens is 476 g/mol. The number of hydrogen-bond donors (Lipinski definition) is 1. The lowest BCUT2D eigenvalue weighted by molar-refractivity contribution is -0.387. The minimum Gasteiger partial charge on any atom is -0.497 e. The van der Waals surface area contributed by atoms with Gasteiger partial charge >= 0.3 is 11.7 Å². The molecule has 3 rings (SSSR count). The highest BCUT2D eigenvalue weighted by Gasteiger charge is 2.36. The Balaban J connectivity index is 2.17. The number of hydrogen-bond acceptors (Lipinski definition) is 11. The first-order valence-electron chi connectivity index (χ1n) is 10.7. The van der Waals surface area contributed by atoms with Gasteiger partial charge in [0.15, 0.2) is 11.4 Å². The quantitative estimate of drug-likeness (QED) is 0.233. The number of ether oxygens (including phenoxy) is 5. The summed E-state index contributed by atoms with van der Waals surface area (Å²) in [5, 5.41) is 31.3. The summed E-state index contributed by atoms with van der Waals surface area (Å²) in [5.74, 6) is -0.387. The number of methoxy groups -OCH3 is 4. The van der Waals surface area contributed by atoms with Crippen LogP contribution >= 0.6 is 0 Å². The highest BCUT2D eigenvalue weighted by Crippen LogP contribution is 2.48. The van der Waals surface area contributed by atoms with Crippen molar-refractivity contribution in [3.05, 3.63) is 63.0 Å². The first kappa shape index (κ1) is 26.2. The SMILES string of the molecule is CCOC(=O)c1c(C(O)c2cc(OC)c(OC)c(OC)c2[N+](=O)[O-])nnn1Cc1ccc(OC)cc1. The standard InChI is InChI=1S/C23H26N4O9/c1-6-36-23(29)19-17(24-25-26(19)12-13-7-9-14(32-2)10-8-13)20(28)15-11-16(33-3)21(34-4)22(35-5)18(15)27(30)31/h7-11,20,28H,6,12H2,1-5H3. The fourth-order valence-electron chi connectivity index (χ4n) is 3.64. The van der Waals surface area contributed by atoms with Crippen LogP contribution in [-0.2, 0) is 11.3 Å². The number of aliphatic hydroxyl groups is 1. The van der Waals surface area contributed by atoms with Crippen LogP contribution in [0, 0.1) is 10.1 Å². The molecule has 0 aliphatic rings. The summed E-state index contributed by atoms with van der Waals surface area (Å²) in [6.07, 6.45) is -1.76. The van der Waals surface area contributed by atoms with Gasteiger partial charge in [-0.3, -0.25) is 10.1 Å². The average Bonchev–Trinajstić information content (AvgIpc) is 3.30. The van der Waals surface area contributed by atoms with E-state index in [1.165, 1.54) is 32.1 Å². The molecule has 0 bridgehead atoms. The van der Waals surface area contributed by atoms with E-state index in [4.69, 9.17) is 23.7 Å². The van der Waals surface area contributed by atoms with Gasteiger partial charge in [0, 0.05) is 0 Å². The van der Waals surface area contributed by atoms with E-state index < -0.39 is 22.7 Å². The van der Waals surface area contributed by atoms with Gasteiger partial charge in [-0.1, -0.05) is 17.3 Å². The molecule has 0 saturated heterocycles. The van der Waals surface area contributed by atoms with Gasteiger partial charge < -0.3 is 28.8 Å². The number of benzene rings is 2. The molecule has 13 nitrogen and oxygen atoms in total. The topological polar surface area (TPSA) is 157 Å². The molecule has 0 saturated carbocycles. The molecule has 0 spiro atoms. The van der Waals surface area contributed by atoms with Gasteiger partial charge in [-0.25, -0.2) is 9.48 Å². The van der Waals surface area contributed by atoms with E-state index in [2.05, 4.69) is 10.3 Å². The fourth-order valence-corrected chi connectivity index (χ4v) is 3.64. The summed E-state index contributed by atoms with van der Waals surface area (Å²) >= 11 is 0. The maximum Gasteiger partial charge on any atom is 0.358 e. The number of nitrogens with zero attached hydrogens (tertiary/aromatic N) is 4. The maximum absolute atomic E-state index is 12.9. The third kappa shape index (κ3) is 5.00. The van der Waals surface area contributed by atoms with E-state index in [-0.39, 0.29) is 47.4 Å². The van der Waals surface area contributed by atoms with Crippen molar-refractivity contribution < 1.29 is 38.5 Å². The van der Waals surface area contributed by atoms with Crippen molar-refractivity contribution in [2.24, 2.45) is 0 Å². The lowest BCUT2D eigenvalue weighted by Crippen LogP contribution is -2.18. The molecule has 0 radical (unpaired) electrons. The molecule has 36 heavy (non-hydrogen) atoms. The molecule has 3 aromatic rings. The molecule has 1 atom stereocenters. The summed E-state index contributed by atoms with van der Waals surface area (Å²) in [5.41, 5.74) is -0.465. The maximum atomic E-state index is 12.9. The molecule has 0 aliphatic carbocycles. The number of nitro groups is 1. The first-order chi connectivity index (χ1) is 17.3. The number of aliphatic hydroxyl groups excluding tert-OH is 1. The molecule has 2 aromatic carbocycles. The van der Waals surface area contributed by atoms with Gasteiger partial charge in [-0.2, -0.15) is 0 Å². The molecule has 1 heterocycles. The Kier molecular flexibility index (Phi) is 8.27. The van der Waals surface area contributed by atoms with Crippen LogP contribution in [0.1, 0.15) is 40.3 Å². The number of aromatic nitrogens is 3. The third-order valence-corrected chi connectivity index (χ3v) is 5.29. The second kappa shape index (κ2) is 11.4. The number of carbonyl (C=O) groups is 1. The van der Waals surface area contributed by atoms with Crippen LogP contribution in [0.15, 0.2) is 30.3 Å². The van der Waals surface area contributed by atoms with Crippen molar-refractivity contribution in [1.29, 1.82) is 0 Å². The van der Waals surface area contributed by atoms with E-state index in [9.17, 15) is 20.0 Å². The summed E-state index contributed by atoms with van der Waals surface area (Å²) in [7, 11) is 5.38. The molecule has 1 N–H and O–H groups in total. The minimum atomic E-state index is -1.76. The normalized spacial score (nSPS) is 11.5. The Labute approximate surface area is 206 Å². The van der Waals surface area contributed by atoms with Gasteiger partial charge in [-0.05, 0) is 30.7 Å². The smallest absolute Gasteiger partial charge is 0.358 e. The highest BCUT2D eigenvalue weighted by atomic mass is 16.6. The number of carbonyl (C=O) groups excluding carboxylic acids is 1. The summed E-state index contributed by atoms with van der Waals surface area (Å²) in [6.45, 7) is 1.78.